The molecule has 5 nitrogen and oxygen atoms in total. The van der Waals surface area contributed by atoms with E-state index in [2.05, 4.69) is 32.1 Å². The Morgan fingerprint density at radius 2 is 1.23 bits per heavy atom. The van der Waals surface area contributed by atoms with Crippen LogP contribution in [-0.2, 0) is 14.0 Å². The van der Waals surface area contributed by atoms with Crippen LogP contribution in [0.15, 0.2) is 24.3 Å². The molecule has 1 aliphatic rings. The molecule has 0 saturated carbocycles. The van der Waals surface area contributed by atoms with Gasteiger partial charge >= 0.3 is 7.60 Å². The third-order valence-corrected chi connectivity index (χ3v) is 7.59. The van der Waals surface area contributed by atoms with E-state index in [4.69, 9.17) is 19.3 Å². The molecular formula is C29H55O5P. The third-order valence-electron chi connectivity index (χ3n) is 7.07. The lowest BCUT2D eigenvalue weighted by Gasteiger charge is -2.29. The first-order chi connectivity index (χ1) is 16.9. The second-order valence-electron chi connectivity index (χ2n) is 10.4. The molecule has 1 aliphatic carbocycles. The van der Waals surface area contributed by atoms with E-state index in [1.54, 1.807) is 0 Å². The van der Waals surface area contributed by atoms with Gasteiger partial charge in [-0.05, 0) is 25.7 Å². The molecule has 0 aromatic rings. The van der Waals surface area contributed by atoms with Crippen LogP contribution in [0.2, 0.25) is 0 Å². The molecule has 1 rings (SSSR count). The van der Waals surface area contributed by atoms with Crippen molar-refractivity contribution in [2.24, 2.45) is 11.8 Å². The molecule has 6 heteroatoms. The SMILES string of the molecule is CCCCCCCCCCCCCCCCCCOC(C)C1C=CC=CC1CCOCP(=O)(O)O. The number of rotatable bonds is 24. The van der Waals surface area contributed by atoms with Crippen molar-refractivity contribution < 1.29 is 23.8 Å². The minimum Gasteiger partial charge on any atom is -0.378 e. The highest BCUT2D eigenvalue weighted by Gasteiger charge is 2.25. The first-order valence-corrected chi connectivity index (χ1v) is 16.3. The lowest BCUT2D eigenvalue weighted by Crippen LogP contribution is -2.28. The topological polar surface area (TPSA) is 76.0 Å². The van der Waals surface area contributed by atoms with Gasteiger partial charge in [0, 0.05) is 19.1 Å². The summed E-state index contributed by atoms with van der Waals surface area (Å²) in [6.45, 7) is 5.55. The van der Waals surface area contributed by atoms with Gasteiger partial charge in [0.05, 0.1) is 6.10 Å². The van der Waals surface area contributed by atoms with Crippen molar-refractivity contribution in [1.82, 2.24) is 0 Å². The van der Waals surface area contributed by atoms with Crippen LogP contribution in [0.1, 0.15) is 123 Å². The van der Waals surface area contributed by atoms with Crippen LogP contribution in [-0.4, -0.2) is 35.5 Å². The van der Waals surface area contributed by atoms with Crippen molar-refractivity contribution >= 4 is 7.60 Å². The predicted octanol–water partition coefficient (Wildman–Crippen LogP) is 8.55. The van der Waals surface area contributed by atoms with E-state index in [1.165, 1.54) is 96.3 Å². The van der Waals surface area contributed by atoms with Gasteiger partial charge in [0.25, 0.3) is 0 Å². The highest BCUT2D eigenvalue weighted by Crippen LogP contribution is 2.34. The standard InChI is InChI=1S/C29H55O5P/c1-3-4-5-6-7-8-9-10-11-12-13-14-15-16-17-20-24-34-27(2)29-22-19-18-21-28(29)23-25-33-26-35(30,31)32/h18-19,21-22,27-29H,3-17,20,23-26H2,1-2H3,(H2,30,31,32). The summed E-state index contributed by atoms with van der Waals surface area (Å²) in [5, 5.41) is 0. The van der Waals surface area contributed by atoms with Crippen LogP contribution in [0.5, 0.6) is 0 Å². The fourth-order valence-corrected chi connectivity index (χ4v) is 5.26. The largest absolute Gasteiger partial charge is 0.378 e. The summed E-state index contributed by atoms with van der Waals surface area (Å²) in [5.41, 5.74) is 0. The zero-order chi connectivity index (χ0) is 25.6. The van der Waals surface area contributed by atoms with Gasteiger partial charge in [-0.3, -0.25) is 4.57 Å². The highest BCUT2D eigenvalue weighted by molar-refractivity contribution is 7.51. The van der Waals surface area contributed by atoms with Crippen molar-refractivity contribution in [2.45, 2.75) is 129 Å². The average Bonchev–Trinajstić information content (AvgIpc) is 2.83. The van der Waals surface area contributed by atoms with Gasteiger partial charge in [0.1, 0.15) is 6.35 Å². The van der Waals surface area contributed by atoms with Crippen LogP contribution in [0, 0.1) is 11.8 Å². The molecule has 2 N–H and O–H groups in total. The molecule has 0 heterocycles. The summed E-state index contributed by atoms with van der Waals surface area (Å²) in [7, 11) is -4.09. The summed E-state index contributed by atoms with van der Waals surface area (Å²) in [6.07, 6.45) is 30.7. The third kappa shape index (κ3) is 19.3. The maximum atomic E-state index is 10.9. The smallest absolute Gasteiger partial charge is 0.350 e. The second kappa shape index (κ2) is 21.6. The van der Waals surface area contributed by atoms with Crippen LogP contribution in [0.25, 0.3) is 0 Å². The second-order valence-corrected chi connectivity index (χ2v) is 12.0. The molecule has 35 heavy (non-hydrogen) atoms. The van der Waals surface area contributed by atoms with E-state index in [0.29, 0.717) is 6.61 Å². The van der Waals surface area contributed by atoms with Crippen LogP contribution in [0.3, 0.4) is 0 Å². The fraction of sp³-hybridized carbons (Fsp3) is 0.862. The quantitative estimate of drug-likeness (QED) is 0.0996. The number of ether oxygens (including phenoxy) is 2. The molecule has 0 fully saturated rings. The maximum absolute atomic E-state index is 10.9. The van der Waals surface area contributed by atoms with Crippen molar-refractivity contribution in [3.05, 3.63) is 24.3 Å². The Kier molecular flexibility index (Phi) is 20.1. The fourth-order valence-electron chi connectivity index (χ4n) is 4.90. The Morgan fingerprint density at radius 1 is 0.743 bits per heavy atom. The minimum atomic E-state index is -4.09. The normalized spacial score (nSPS) is 18.9. The Morgan fingerprint density at radius 3 is 1.74 bits per heavy atom. The number of allylic oxidation sites excluding steroid dienone is 3. The molecule has 0 amide bonds. The van der Waals surface area contributed by atoms with Gasteiger partial charge in [0.2, 0.25) is 0 Å². The Balaban J connectivity index is 1.95. The molecule has 3 unspecified atom stereocenters. The van der Waals surface area contributed by atoms with Gasteiger partial charge < -0.3 is 19.3 Å². The molecule has 0 aromatic heterocycles. The summed E-state index contributed by atoms with van der Waals surface area (Å²) >= 11 is 0. The van der Waals surface area contributed by atoms with Crippen LogP contribution < -0.4 is 0 Å². The average molecular weight is 515 g/mol. The van der Waals surface area contributed by atoms with E-state index in [-0.39, 0.29) is 17.9 Å². The zero-order valence-corrected chi connectivity index (χ0v) is 23.6. The van der Waals surface area contributed by atoms with E-state index in [0.717, 1.165) is 19.4 Å². The Hall–Kier alpha value is -0.450. The summed E-state index contributed by atoms with van der Waals surface area (Å²) in [6, 6.07) is 0. The lowest BCUT2D eigenvalue weighted by molar-refractivity contribution is 0.0198. The van der Waals surface area contributed by atoms with E-state index < -0.39 is 13.9 Å². The molecule has 0 radical (unpaired) electrons. The van der Waals surface area contributed by atoms with Crippen LogP contribution >= 0.6 is 7.60 Å². The van der Waals surface area contributed by atoms with E-state index in [9.17, 15) is 4.57 Å². The number of unbranched alkanes of at least 4 members (excludes halogenated alkanes) is 15. The van der Waals surface area contributed by atoms with Gasteiger partial charge in [-0.15, -0.1) is 0 Å². The predicted molar refractivity (Wildman–Crippen MR) is 148 cm³/mol. The Bertz CT molecular complexity index is 586. The first kappa shape index (κ1) is 32.6. The molecule has 206 valence electrons. The van der Waals surface area contributed by atoms with Gasteiger partial charge in [-0.1, -0.05) is 128 Å². The van der Waals surface area contributed by atoms with Crippen LogP contribution in [0.4, 0.5) is 0 Å². The molecular weight excluding hydrogens is 459 g/mol. The molecule has 0 aliphatic heterocycles. The van der Waals surface area contributed by atoms with E-state index >= 15 is 0 Å². The summed E-state index contributed by atoms with van der Waals surface area (Å²) < 4.78 is 22.2. The lowest BCUT2D eigenvalue weighted by atomic mass is 9.83. The first-order valence-electron chi connectivity index (χ1n) is 14.5. The molecule has 3 atom stereocenters. The van der Waals surface area contributed by atoms with Crippen molar-refractivity contribution in [3.63, 3.8) is 0 Å². The molecule has 0 bridgehead atoms. The maximum Gasteiger partial charge on any atom is 0.350 e. The highest BCUT2D eigenvalue weighted by atomic mass is 31.2. The monoisotopic (exact) mass is 514 g/mol. The van der Waals surface area contributed by atoms with Gasteiger partial charge in [-0.2, -0.15) is 0 Å². The molecule has 0 aromatic carbocycles. The number of hydrogen-bond donors (Lipinski definition) is 2. The minimum absolute atomic E-state index is 0.124. The van der Waals surface area contributed by atoms with Crippen molar-refractivity contribution in [2.75, 3.05) is 19.6 Å². The summed E-state index contributed by atoms with van der Waals surface area (Å²) in [5.74, 6) is 0.553. The number of hydrogen-bond acceptors (Lipinski definition) is 3. The zero-order valence-electron chi connectivity index (χ0n) is 22.7. The van der Waals surface area contributed by atoms with Crippen molar-refractivity contribution in [1.29, 1.82) is 0 Å². The molecule has 0 saturated heterocycles. The van der Waals surface area contributed by atoms with Crippen molar-refractivity contribution in [3.8, 4) is 0 Å². The molecule has 0 spiro atoms. The van der Waals surface area contributed by atoms with E-state index in [1.807, 2.05) is 6.08 Å². The Labute approximate surface area is 216 Å². The summed E-state index contributed by atoms with van der Waals surface area (Å²) in [4.78, 5) is 17.8. The van der Waals surface area contributed by atoms with Gasteiger partial charge in [-0.25, -0.2) is 0 Å². The van der Waals surface area contributed by atoms with Gasteiger partial charge in [0.15, 0.2) is 0 Å².